The molecule has 4 saturated carbocycles. The van der Waals surface area contributed by atoms with Gasteiger partial charge in [0.1, 0.15) is 12.4 Å². The summed E-state index contributed by atoms with van der Waals surface area (Å²) in [4.78, 5) is 18.9. The van der Waals surface area contributed by atoms with Crippen molar-refractivity contribution in [3.05, 3.63) is 35.6 Å². The molecule has 4 aliphatic rings. The molecule has 0 saturated heterocycles. The van der Waals surface area contributed by atoms with E-state index >= 15 is 0 Å². The summed E-state index contributed by atoms with van der Waals surface area (Å²) in [5.74, 6) is 0.794. The van der Waals surface area contributed by atoms with E-state index < -0.39 is 0 Å². The number of halogens is 1. The fraction of sp³-hybridized carbons (Fsp3) is 0.724. The van der Waals surface area contributed by atoms with Gasteiger partial charge in [0.25, 0.3) is 0 Å². The fourth-order valence-electron chi connectivity index (χ4n) is 8.97. The van der Waals surface area contributed by atoms with Crippen molar-refractivity contribution < 1.29 is 18.8 Å². The molecule has 4 nitrogen and oxygen atoms in total. The van der Waals surface area contributed by atoms with Crippen molar-refractivity contribution in [3.63, 3.8) is 0 Å². The lowest BCUT2D eigenvalue weighted by molar-refractivity contribution is -0.187. The number of hydrogen-bond donors (Lipinski definition) is 0. The molecule has 1 aromatic carbocycles. The van der Waals surface area contributed by atoms with Crippen LogP contribution in [-0.4, -0.2) is 18.3 Å². The van der Waals surface area contributed by atoms with Gasteiger partial charge in [0.15, 0.2) is 0 Å². The minimum absolute atomic E-state index is 0.0189. The number of benzene rings is 1. The van der Waals surface area contributed by atoms with Gasteiger partial charge in [0.05, 0.1) is 17.7 Å². The molecule has 4 fully saturated rings. The molecule has 0 N–H and O–H groups in total. The second kappa shape index (κ2) is 8.34. The van der Waals surface area contributed by atoms with Gasteiger partial charge in [0.2, 0.25) is 0 Å². The lowest BCUT2D eigenvalue weighted by atomic mass is 9.40. The molecule has 2 bridgehead atoms. The highest BCUT2D eigenvalue weighted by molar-refractivity contribution is 5.93. The number of hydrogen-bond acceptors (Lipinski definition) is 4. The monoisotopic (exact) mass is 469 g/mol. The first-order valence-electron chi connectivity index (χ1n) is 13.3. The van der Waals surface area contributed by atoms with Gasteiger partial charge in [-0.1, -0.05) is 37.6 Å². The maximum atomic E-state index is 13.2. The Kier molecular flexibility index (Phi) is 5.84. The predicted molar refractivity (Wildman–Crippen MR) is 131 cm³/mol. The normalized spacial score (nSPS) is 42.1. The first-order valence-corrected chi connectivity index (χ1v) is 13.3. The second-order valence-electron chi connectivity index (χ2n) is 12.4. The van der Waals surface area contributed by atoms with Gasteiger partial charge in [-0.2, -0.15) is 0 Å². The van der Waals surface area contributed by atoms with Crippen LogP contribution in [-0.2, 0) is 21.0 Å². The Bertz CT molecular complexity index is 976. The molecule has 34 heavy (non-hydrogen) atoms. The highest BCUT2D eigenvalue weighted by Gasteiger charge is 2.67. The molecule has 0 aromatic heterocycles. The Morgan fingerprint density at radius 3 is 2.53 bits per heavy atom. The van der Waals surface area contributed by atoms with E-state index in [1.807, 2.05) is 6.92 Å². The number of oxime groups is 1. The molecule has 0 radical (unpaired) electrons. The largest absolute Gasteiger partial charge is 0.466 e. The smallest absolute Gasteiger partial charge is 0.312 e. The lowest BCUT2D eigenvalue weighted by Crippen LogP contribution is -2.58. The van der Waals surface area contributed by atoms with Crippen LogP contribution in [0, 0.1) is 39.3 Å². The molecule has 0 aliphatic heterocycles. The van der Waals surface area contributed by atoms with Gasteiger partial charge in [-0.15, -0.1) is 0 Å². The summed E-state index contributed by atoms with van der Waals surface area (Å²) in [6.45, 7) is 9.79. The summed E-state index contributed by atoms with van der Waals surface area (Å²) in [5, 5.41) is 4.70. The Morgan fingerprint density at radius 2 is 1.79 bits per heavy atom. The van der Waals surface area contributed by atoms with Crippen LogP contribution in [0.15, 0.2) is 29.4 Å². The molecule has 186 valence electrons. The van der Waals surface area contributed by atoms with E-state index in [4.69, 9.17) is 14.7 Å². The van der Waals surface area contributed by atoms with Crippen molar-refractivity contribution in [1.82, 2.24) is 0 Å². The summed E-state index contributed by atoms with van der Waals surface area (Å²) in [5.41, 5.74) is 2.32. The maximum absolute atomic E-state index is 13.2. The Morgan fingerprint density at radius 1 is 1.06 bits per heavy atom. The van der Waals surface area contributed by atoms with Gasteiger partial charge in [-0.3, -0.25) is 4.79 Å². The SMILES string of the molecule is CCOC(=O)[C@]1(C)CCC[C@@]2(C)[C@@H]3CC[C@@]4(C)C[C@]3(CC[C@@H]21)C/C4=N\OCc1ccc(F)cc1. The van der Waals surface area contributed by atoms with Crippen LogP contribution < -0.4 is 0 Å². The zero-order valence-electron chi connectivity index (χ0n) is 21.3. The highest BCUT2D eigenvalue weighted by Crippen LogP contribution is 2.73. The summed E-state index contributed by atoms with van der Waals surface area (Å²) >= 11 is 0. The van der Waals surface area contributed by atoms with E-state index in [1.54, 1.807) is 12.1 Å². The molecule has 4 aliphatic carbocycles. The third-order valence-corrected chi connectivity index (χ3v) is 10.4. The number of carbonyl (C=O) groups is 1. The molecule has 0 heterocycles. The number of esters is 1. The van der Waals surface area contributed by atoms with Crippen molar-refractivity contribution in [2.45, 2.75) is 92.1 Å². The quantitative estimate of drug-likeness (QED) is 0.342. The third-order valence-electron chi connectivity index (χ3n) is 10.4. The van der Waals surface area contributed by atoms with Crippen LogP contribution in [0.5, 0.6) is 0 Å². The van der Waals surface area contributed by atoms with E-state index in [0.717, 1.165) is 37.7 Å². The van der Waals surface area contributed by atoms with Crippen molar-refractivity contribution in [1.29, 1.82) is 0 Å². The van der Waals surface area contributed by atoms with Crippen LogP contribution in [0.4, 0.5) is 4.39 Å². The zero-order chi connectivity index (χ0) is 24.2. The van der Waals surface area contributed by atoms with Crippen molar-refractivity contribution in [2.75, 3.05) is 6.61 Å². The standard InChI is InChI=1S/C29H40FNO3/c1-5-33-25(32)28(4)14-6-13-27(3)22(28)12-16-29-17-24(26(2,19-29)15-11-23(27)29)31-34-18-20-7-9-21(30)10-8-20/h7-10,22-23H,5-6,11-19H2,1-4H3/b31-24+/t22-,23-,26-,27+,28+,29-/m0/s1. The van der Waals surface area contributed by atoms with E-state index in [1.165, 1.54) is 43.5 Å². The Labute approximate surface area is 203 Å². The number of nitrogens with zero attached hydrogens (tertiary/aromatic N) is 1. The fourth-order valence-corrected chi connectivity index (χ4v) is 8.97. The Balaban J connectivity index is 1.37. The van der Waals surface area contributed by atoms with Crippen molar-refractivity contribution in [3.8, 4) is 0 Å². The molecule has 6 atom stereocenters. The van der Waals surface area contributed by atoms with Gasteiger partial charge < -0.3 is 9.57 Å². The average molecular weight is 470 g/mol. The first kappa shape index (κ1) is 23.8. The van der Waals surface area contributed by atoms with Gasteiger partial charge in [0, 0.05) is 5.41 Å². The number of fused-ring (bicyclic) bond motifs is 3. The number of ether oxygens (including phenoxy) is 1. The zero-order valence-corrected chi connectivity index (χ0v) is 21.3. The average Bonchev–Trinajstić information content (AvgIpc) is 2.99. The van der Waals surface area contributed by atoms with Gasteiger partial charge >= 0.3 is 5.97 Å². The molecule has 1 aromatic rings. The summed E-state index contributed by atoms with van der Waals surface area (Å²) < 4.78 is 18.8. The van der Waals surface area contributed by atoms with E-state index in [-0.39, 0.29) is 33.4 Å². The highest BCUT2D eigenvalue weighted by atomic mass is 19.1. The molecule has 0 amide bonds. The molecule has 5 rings (SSSR count). The van der Waals surface area contributed by atoms with Crippen LogP contribution in [0.3, 0.4) is 0 Å². The first-order chi connectivity index (χ1) is 16.2. The minimum Gasteiger partial charge on any atom is -0.466 e. The molecular weight excluding hydrogens is 429 g/mol. The topological polar surface area (TPSA) is 47.9 Å². The maximum Gasteiger partial charge on any atom is 0.312 e. The minimum atomic E-state index is -0.362. The van der Waals surface area contributed by atoms with Crippen molar-refractivity contribution in [2.24, 2.45) is 38.7 Å². The number of carbonyl (C=O) groups excluding carboxylic acids is 1. The number of rotatable bonds is 5. The van der Waals surface area contributed by atoms with E-state index in [0.29, 0.717) is 25.0 Å². The van der Waals surface area contributed by atoms with Gasteiger partial charge in [-0.25, -0.2) is 4.39 Å². The summed E-state index contributed by atoms with van der Waals surface area (Å²) in [6.07, 6.45) is 10.1. The molecule has 5 heteroatoms. The van der Waals surface area contributed by atoms with Crippen LogP contribution in [0.25, 0.3) is 0 Å². The van der Waals surface area contributed by atoms with Crippen molar-refractivity contribution >= 4 is 11.7 Å². The Hall–Kier alpha value is -1.91. The summed E-state index contributed by atoms with van der Waals surface area (Å²) in [6, 6.07) is 6.44. The molecular formula is C29H40FNO3. The lowest BCUT2D eigenvalue weighted by Gasteiger charge is -2.64. The van der Waals surface area contributed by atoms with Crippen LogP contribution in [0.2, 0.25) is 0 Å². The second-order valence-corrected chi connectivity index (χ2v) is 12.4. The van der Waals surface area contributed by atoms with Crippen LogP contribution in [0.1, 0.15) is 91.0 Å². The van der Waals surface area contributed by atoms with Gasteiger partial charge in [-0.05, 0) is 106 Å². The van der Waals surface area contributed by atoms with E-state index in [9.17, 15) is 9.18 Å². The molecule has 1 spiro atoms. The predicted octanol–water partition coefficient (Wildman–Crippen LogP) is 7.06. The molecule has 0 unspecified atom stereocenters. The summed E-state index contributed by atoms with van der Waals surface area (Å²) in [7, 11) is 0. The third kappa shape index (κ3) is 3.60. The van der Waals surface area contributed by atoms with Crippen LogP contribution >= 0.6 is 0 Å². The van der Waals surface area contributed by atoms with E-state index in [2.05, 4.69) is 20.8 Å².